The van der Waals surface area contributed by atoms with Crippen LogP contribution < -0.4 is 16.2 Å². The smallest absolute Gasteiger partial charge is 0.239 e. The topological polar surface area (TPSA) is 67.1 Å². The van der Waals surface area contributed by atoms with Crippen LogP contribution in [0.5, 0.6) is 0 Å². The average molecular weight is 328 g/mol. The normalized spacial score (nSPS) is 17.6. The van der Waals surface area contributed by atoms with Gasteiger partial charge in [0.05, 0.1) is 4.47 Å². The van der Waals surface area contributed by atoms with Crippen molar-refractivity contribution in [3.63, 3.8) is 0 Å². The zero-order valence-corrected chi connectivity index (χ0v) is 13.4. The summed E-state index contributed by atoms with van der Waals surface area (Å²) in [6, 6.07) is 0. The van der Waals surface area contributed by atoms with Crippen LogP contribution in [0.15, 0.2) is 10.7 Å². The number of hydrogen-bond acceptors (Lipinski definition) is 5. The molecule has 0 aliphatic carbocycles. The lowest BCUT2D eigenvalue weighted by atomic mass is 9.75. The van der Waals surface area contributed by atoms with Gasteiger partial charge >= 0.3 is 0 Å². The van der Waals surface area contributed by atoms with E-state index in [1.807, 2.05) is 0 Å². The summed E-state index contributed by atoms with van der Waals surface area (Å²) in [4.78, 5) is 10.8. The van der Waals surface area contributed by atoms with Crippen LogP contribution >= 0.6 is 15.9 Å². The number of halogens is 1. The van der Waals surface area contributed by atoms with Crippen molar-refractivity contribution in [2.75, 3.05) is 23.4 Å². The van der Waals surface area contributed by atoms with Gasteiger partial charge in [-0.1, -0.05) is 20.8 Å². The summed E-state index contributed by atoms with van der Waals surface area (Å²) in [6.45, 7) is 9.03. The third-order valence-corrected chi connectivity index (χ3v) is 4.43. The lowest BCUT2D eigenvalue weighted by Gasteiger charge is -2.39. The summed E-state index contributed by atoms with van der Waals surface area (Å²) in [5.74, 6) is 7.52. The molecule has 0 bridgehead atoms. The molecule has 2 heterocycles. The molecule has 1 fully saturated rings. The number of nitrogens with zero attached hydrogens (tertiary/aromatic N) is 3. The Morgan fingerprint density at radius 1 is 1.37 bits per heavy atom. The fourth-order valence-corrected chi connectivity index (χ4v) is 3.05. The number of anilines is 2. The highest BCUT2D eigenvalue weighted by Gasteiger charge is 2.29. The fraction of sp³-hybridized carbons (Fsp3) is 0.692. The Morgan fingerprint density at radius 3 is 2.53 bits per heavy atom. The van der Waals surface area contributed by atoms with E-state index in [1.54, 1.807) is 6.20 Å². The second-order valence-corrected chi connectivity index (χ2v) is 6.99. The number of hydrogen-bond donors (Lipinski definition) is 2. The van der Waals surface area contributed by atoms with Crippen molar-refractivity contribution in [3.05, 3.63) is 10.7 Å². The van der Waals surface area contributed by atoms with Crippen molar-refractivity contribution in [2.45, 2.75) is 33.6 Å². The Kier molecular flexibility index (Phi) is 4.30. The molecule has 0 atom stereocenters. The van der Waals surface area contributed by atoms with E-state index in [-0.39, 0.29) is 0 Å². The van der Waals surface area contributed by atoms with Crippen LogP contribution in [0.1, 0.15) is 33.6 Å². The minimum atomic E-state index is 0.388. The first-order valence-corrected chi connectivity index (χ1v) is 7.45. The zero-order valence-electron chi connectivity index (χ0n) is 11.8. The number of nitrogen functional groups attached to an aromatic ring is 1. The monoisotopic (exact) mass is 327 g/mol. The number of rotatable bonds is 2. The van der Waals surface area contributed by atoms with E-state index in [0.717, 1.165) is 29.3 Å². The maximum absolute atomic E-state index is 5.37. The maximum atomic E-state index is 5.37. The molecule has 0 amide bonds. The first kappa shape index (κ1) is 14.5. The van der Waals surface area contributed by atoms with Crippen molar-refractivity contribution in [3.8, 4) is 0 Å². The summed E-state index contributed by atoms with van der Waals surface area (Å²) < 4.78 is 0.917. The predicted octanol–water partition coefficient (Wildman–Crippen LogP) is 2.79. The molecule has 0 saturated carbocycles. The van der Waals surface area contributed by atoms with Crippen LogP contribution in [-0.2, 0) is 0 Å². The van der Waals surface area contributed by atoms with Crippen LogP contribution in [0.3, 0.4) is 0 Å². The minimum absolute atomic E-state index is 0.388. The van der Waals surface area contributed by atoms with Crippen molar-refractivity contribution in [1.82, 2.24) is 9.97 Å². The standard InChI is InChI=1S/C13H22BrN5/c1-13(2,3)9-4-6-19(7-5-9)11-10(14)8-16-12(17-11)18-15/h8-9H,4-7,15H2,1-3H3,(H,16,17,18). The van der Waals surface area contributed by atoms with Gasteiger partial charge in [-0.05, 0) is 40.1 Å². The Morgan fingerprint density at radius 2 is 2.00 bits per heavy atom. The number of nitrogens with one attached hydrogen (secondary N) is 1. The number of piperidine rings is 1. The van der Waals surface area contributed by atoms with Gasteiger partial charge in [0, 0.05) is 19.3 Å². The minimum Gasteiger partial charge on any atom is -0.355 e. The fourth-order valence-electron chi connectivity index (χ4n) is 2.61. The van der Waals surface area contributed by atoms with Crippen LogP contribution in [-0.4, -0.2) is 23.1 Å². The zero-order chi connectivity index (χ0) is 14.0. The lowest BCUT2D eigenvalue weighted by molar-refractivity contribution is 0.198. The summed E-state index contributed by atoms with van der Waals surface area (Å²) in [6.07, 6.45) is 4.14. The molecule has 5 nitrogen and oxygen atoms in total. The van der Waals surface area contributed by atoms with E-state index in [2.05, 4.69) is 57.0 Å². The highest BCUT2D eigenvalue weighted by Crippen LogP contribution is 2.36. The molecule has 2 rings (SSSR count). The third-order valence-electron chi connectivity index (χ3n) is 3.87. The van der Waals surface area contributed by atoms with Gasteiger partial charge in [0.25, 0.3) is 0 Å². The van der Waals surface area contributed by atoms with Gasteiger partial charge < -0.3 is 4.90 Å². The Labute approximate surface area is 123 Å². The molecule has 0 aromatic carbocycles. The molecule has 1 aromatic heterocycles. The Bertz CT molecular complexity index is 435. The van der Waals surface area contributed by atoms with E-state index in [0.29, 0.717) is 11.4 Å². The summed E-state index contributed by atoms with van der Waals surface area (Å²) >= 11 is 3.51. The van der Waals surface area contributed by atoms with Crippen molar-refractivity contribution in [2.24, 2.45) is 17.2 Å². The van der Waals surface area contributed by atoms with Gasteiger partial charge in [-0.25, -0.2) is 10.8 Å². The SMILES string of the molecule is CC(C)(C)C1CCN(c2nc(NN)ncc2Br)CC1. The average Bonchev–Trinajstić information content (AvgIpc) is 2.38. The molecule has 19 heavy (non-hydrogen) atoms. The molecule has 6 heteroatoms. The van der Waals surface area contributed by atoms with Crippen LogP contribution in [0.25, 0.3) is 0 Å². The highest BCUT2D eigenvalue weighted by atomic mass is 79.9. The van der Waals surface area contributed by atoms with Gasteiger partial charge in [-0.15, -0.1) is 0 Å². The predicted molar refractivity (Wildman–Crippen MR) is 81.9 cm³/mol. The highest BCUT2D eigenvalue weighted by molar-refractivity contribution is 9.10. The molecule has 1 saturated heterocycles. The first-order chi connectivity index (χ1) is 8.91. The van der Waals surface area contributed by atoms with Crippen molar-refractivity contribution < 1.29 is 0 Å². The molecule has 1 aliphatic rings. The Balaban J connectivity index is 2.09. The first-order valence-electron chi connectivity index (χ1n) is 6.66. The van der Waals surface area contributed by atoms with E-state index in [4.69, 9.17) is 5.84 Å². The number of aromatic nitrogens is 2. The molecule has 3 N–H and O–H groups in total. The molecular weight excluding hydrogens is 306 g/mol. The molecule has 106 valence electrons. The van der Waals surface area contributed by atoms with Crippen LogP contribution in [0, 0.1) is 11.3 Å². The van der Waals surface area contributed by atoms with Crippen LogP contribution in [0.2, 0.25) is 0 Å². The third kappa shape index (κ3) is 3.36. The number of hydrazine groups is 1. The second-order valence-electron chi connectivity index (χ2n) is 6.14. The molecular formula is C13H22BrN5. The summed E-state index contributed by atoms with van der Waals surface area (Å²) in [5, 5.41) is 0. The van der Waals surface area contributed by atoms with E-state index >= 15 is 0 Å². The van der Waals surface area contributed by atoms with E-state index < -0.39 is 0 Å². The Hall–Kier alpha value is -0.880. The molecule has 1 aromatic rings. The molecule has 0 unspecified atom stereocenters. The maximum Gasteiger partial charge on any atom is 0.239 e. The largest absolute Gasteiger partial charge is 0.355 e. The molecule has 1 aliphatic heterocycles. The second kappa shape index (κ2) is 5.63. The number of nitrogens with two attached hydrogens (primary N) is 1. The van der Waals surface area contributed by atoms with Gasteiger partial charge in [0.2, 0.25) is 5.95 Å². The van der Waals surface area contributed by atoms with Gasteiger partial charge in [-0.3, -0.25) is 5.43 Å². The van der Waals surface area contributed by atoms with Gasteiger partial charge in [0.1, 0.15) is 5.82 Å². The summed E-state index contributed by atoms with van der Waals surface area (Å²) in [7, 11) is 0. The molecule has 0 spiro atoms. The quantitative estimate of drug-likeness (QED) is 0.645. The van der Waals surface area contributed by atoms with Gasteiger partial charge in [0.15, 0.2) is 0 Å². The van der Waals surface area contributed by atoms with Crippen LogP contribution in [0.4, 0.5) is 11.8 Å². The molecule has 0 radical (unpaired) electrons. The lowest BCUT2D eigenvalue weighted by Crippen LogP contribution is -2.38. The van der Waals surface area contributed by atoms with Crippen molar-refractivity contribution >= 4 is 27.7 Å². The summed E-state index contributed by atoms with van der Waals surface area (Å²) in [5.41, 5.74) is 2.88. The van der Waals surface area contributed by atoms with E-state index in [1.165, 1.54) is 12.8 Å². The van der Waals surface area contributed by atoms with Crippen molar-refractivity contribution in [1.29, 1.82) is 0 Å². The van der Waals surface area contributed by atoms with Gasteiger partial charge in [-0.2, -0.15) is 4.98 Å². The van der Waals surface area contributed by atoms with E-state index in [9.17, 15) is 0 Å².